The van der Waals surface area contributed by atoms with Crippen LogP contribution in [0.15, 0.2) is 29.2 Å². The second-order valence-corrected chi connectivity index (χ2v) is 8.07. The Balaban J connectivity index is 2.15. The van der Waals surface area contributed by atoms with Crippen LogP contribution in [-0.2, 0) is 16.6 Å². The average Bonchev–Trinajstić information content (AvgIpc) is 3.22. The van der Waals surface area contributed by atoms with Crippen LogP contribution in [0, 0.1) is 5.92 Å². The molecule has 0 bridgehead atoms. The minimum Gasteiger partial charge on any atom is -0.329 e. The van der Waals surface area contributed by atoms with Crippen molar-refractivity contribution in [2.75, 3.05) is 20.6 Å². The molecular formula is C15H25N3O2S. The standard InChI is InChI=1S/C15H25N3O2S/c1-15(11-16,13-6-7-13)17-21(19,20)14-8-4-12(5-9-14)10-18(2)3/h4-5,8-9,13,17H,6-7,10-11,16H2,1-3H3. The molecule has 3 N–H and O–H groups in total. The summed E-state index contributed by atoms with van der Waals surface area (Å²) in [4.78, 5) is 2.34. The number of hydrogen-bond donors (Lipinski definition) is 2. The van der Waals surface area contributed by atoms with E-state index in [4.69, 9.17) is 5.73 Å². The molecule has 1 aliphatic rings. The van der Waals surface area contributed by atoms with Crippen molar-refractivity contribution in [2.24, 2.45) is 11.7 Å². The maximum Gasteiger partial charge on any atom is 0.241 e. The van der Waals surface area contributed by atoms with E-state index in [9.17, 15) is 8.42 Å². The fraction of sp³-hybridized carbons (Fsp3) is 0.600. The first-order valence-electron chi connectivity index (χ1n) is 7.24. The molecule has 5 nitrogen and oxygen atoms in total. The zero-order chi connectivity index (χ0) is 15.7. The van der Waals surface area contributed by atoms with Crippen LogP contribution in [0.2, 0.25) is 0 Å². The summed E-state index contributed by atoms with van der Waals surface area (Å²) in [5.74, 6) is 0.352. The van der Waals surface area contributed by atoms with E-state index in [1.807, 2.05) is 38.1 Å². The van der Waals surface area contributed by atoms with E-state index in [0.717, 1.165) is 24.9 Å². The highest BCUT2D eigenvalue weighted by Crippen LogP contribution is 2.39. The van der Waals surface area contributed by atoms with Gasteiger partial charge in [0, 0.05) is 18.6 Å². The summed E-state index contributed by atoms with van der Waals surface area (Å²) in [5.41, 5.74) is 6.33. The number of benzene rings is 1. The van der Waals surface area contributed by atoms with Crippen molar-refractivity contribution < 1.29 is 8.42 Å². The molecule has 0 spiro atoms. The summed E-state index contributed by atoms with van der Waals surface area (Å²) < 4.78 is 27.8. The van der Waals surface area contributed by atoms with Crippen LogP contribution in [0.4, 0.5) is 0 Å². The number of sulfonamides is 1. The molecule has 2 rings (SSSR count). The molecule has 1 aromatic rings. The topological polar surface area (TPSA) is 75.4 Å². The molecule has 0 aromatic heterocycles. The van der Waals surface area contributed by atoms with Gasteiger partial charge in [0.2, 0.25) is 10.0 Å². The lowest BCUT2D eigenvalue weighted by Gasteiger charge is -2.29. The highest BCUT2D eigenvalue weighted by Gasteiger charge is 2.43. The Morgan fingerprint density at radius 3 is 2.29 bits per heavy atom. The van der Waals surface area contributed by atoms with Crippen LogP contribution < -0.4 is 10.5 Å². The fourth-order valence-corrected chi connectivity index (χ4v) is 3.99. The summed E-state index contributed by atoms with van der Waals surface area (Å²) in [6.45, 7) is 2.99. The Kier molecular flexibility index (Phi) is 4.72. The molecule has 1 aliphatic carbocycles. The van der Waals surface area contributed by atoms with Crippen LogP contribution in [0.1, 0.15) is 25.3 Å². The van der Waals surface area contributed by atoms with Gasteiger partial charge >= 0.3 is 0 Å². The van der Waals surface area contributed by atoms with Crippen molar-refractivity contribution in [2.45, 2.75) is 36.7 Å². The van der Waals surface area contributed by atoms with Crippen LogP contribution in [-0.4, -0.2) is 39.5 Å². The lowest BCUT2D eigenvalue weighted by Crippen LogP contribution is -2.52. The fourth-order valence-electron chi connectivity index (χ4n) is 2.52. The van der Waals surface area contributed by atoms with Crippen molar-refractivity contribution in [1.29, 1.82) is 0 Å². The molecule has 0 aliphatic heterocycles. The normalized spacial score (nSPS) is 18.7. The minimum absolute atomic E-state index is 0.297. The van der Waals surface area contributed by atoms with Crippen molar-refractivity contribution in [1.82, 2.24) is 9.62 Å². The van der Waals surface area contributed by atoms with Crippen molar-refractivity contribution in [3.8, 4) is 0 Å². The Bertz CT molecular complexity index is 579. The summed E-state index contributed by atoms with van der Waals surface area (Å²) in [6, 6.07) is 7.02. The summed E-state index contributed by atoms with van der Waals surface area (Å²) in [7, 11) is 0.437. The van der Waals surface area contributed by atoms with Crippen LogP contribution in [0.3, 0.4) is 0 Å². The van der Waals surface area contributed by atoms with Gasteiger partial charge in [-0.1, -0.05) is 12.1 Å². The largest absolute Gasteiger partial charge is 0.329 e. The Morgan fingerprint density at radius 2 is 1.86 bits per heavy atom. The summed E-state index contributed by atoms with van der Waals surface area (Å²) in [6.07, 6.45) is 2.08. The maximum absolute atomic E-state index is 12.5. The van der Waals surface area contributed by atoms with Gasteiger partial charge in [-0.3, -0.25) is 0 Å². The van der Waals surface area contributed by atoms with E-state index in [2.05, 4.69) is 4.72 Å². The third-order valence-corrected chi connectivity index (χ3v) is 5.63. The Labute approximate surface area is 127 Å². The van der Waals surface area contributed by atoms with Crippen LogP contribution in [0.25, 0.3) is 0 Å². The van der Waals surface area contributed by atoms with Crippen molar-refractivity contribution in [3.05, 3.63) is 29.8 Å². The molecule has 0 heterocycles. The second kappa shape index (κ2) is 6.04. The number of nitrogens with two attached hydrogens (primary N) is 1. The van der Waals surface area contributed by atoms with Gasteiger partial charge in [-0.25, -0.2) is 13.1 Å². The summed E-state index contributed by atoms with van der Waals surface area (Å²) in [5, 5.41) is 0. The van der Waals surface area contributed by atoms with E-state index in [0.29, 0.717) is 17.4 Å². The zero-order valence-electron chi connectivity index (χ0n) is 13.0. The molecule has 1 fully saturated rings. The predicted octanol–water partition coefficient (Wildman–Crippen LogP) is 1.15. The number of rotatable bonds is 7. The van der Waals surface area contributed by atoms with E-state index in [-0.39, 0.29) is 0 Å². The monoisotopic (exact) mass is 311 g/mol. The Morgan fingerprint density at radius 1 is 1.29 bits per heavy atom. The van der Waals surface area contributed by atoms with E-state index >= 15 is 0 Å². The molecule has 1 unspecified atom stereocenters. The lowest BCUT2D eigenvalue weighted by atomic mass is 9.98. The first-order chi connectivity index (χ1) is 9.77. The van der Waals surface area contributed by atoms with Gasteiger partial charge in [-0.2, -0.15) is 0 Å². The SMILES string of the molecule is CN(C)Cc1ccc(S(=O)(=O)NC(C)(CN)C2CC2)cc1. The molecule has 1 aromatic carbocycles. The van der Waals surface area contributed by atoms with Gasteiger partial charge < -0.3 is 10.6 Å². The Hall–Kier alpha value is -0.950. The quantitative estimate of drug-likeness (QED) is 0.792. The maximum atomic E-state index is 12.5. The predicted molar refractivity (Wildman–Crippen MR) is 84.3 cm³/mol. The van der Waals surface area contributed by atoms with Gasteiger partial charge in [-0.05, 0) is 57.5 Å². The molecule has 0 saturated heterocycles. The first-order valence-corrected chi connectivity index (χ1v) is 8.73. The van der Waals surface area contributed by atoms with Crippen LogP contribution in [0.5, 0.6) is 0 Å². The second-order valence-electron chi connectivity index (χ2n) is 6.38. The van der Waals surface area contributed by atoms with Gasteiger partial charge in [0.05, 0.1) is 4.90 Å². The van der Waals surface area contributed by atoms with E-state index in [1.165, 1.54) is 0 Å². The molecule has 1 saturated carbocycles. The highest BCUT2D eigenvalue weighted by molar-refractivity contribution is 7.89. The highest BCUT2D eigenvalue weighted by atomic mass is 32.2. The third-order valence-electron chi connectivity index (χ3n) is 4.00. The van der Waals surface area contributed by atoms with E-state index in [1.54, 1.807) is 12.1 Å². The molecule has 1 atom stereocenters. The first kappa shape index (κ1) is 16.4. The average molecular weight is 311 g/mol. The number of nitrogens with zero attached hydrogens (tertiary/aromatic N) is 1. The smallest absolute Gasteiger partial charge is 0.241 e. The van der Waals surface area contributed by atoms with Gasteiger partial charge in [0.15, 0.2) is 0 Å². The molecular weight excluding hydrogens is 286 g/mol. The van der Waals surface area contributed by atoms with Gasteiger partial charge in [0.25, 0.3) is 0 Å². The molecule has 21 heavy (non-hydrogen) atoms. The molecule has 6 heteroatoms. The summed E-state index contributed by atoms with van der Waals surface area (Å²) >= 11 is 0. The number of nitrogens with one attached hydrogen (secondary N) is 1. The molecule has 0 amide bonds. The van der Waals surface area contributed by atoms with Crippen molar-refractivity contribution in [3.63, 3.8) is 0 Å². The van der Waals surface area contributed by atoms with Crippen molar-refractivity contribution >= 4 is 10.0 Å². The number of hydrogen-bond acceptors (Lipinski definition) is 4. The van der Waals surface area contributed by atoms with E-state index < -0.39 is 15.6 Å². The molecule has 118 valence electrons. The zero-order valence-corrected chi connectivity index (χ0v) is 13.8. The molecule has 0 radical (unpaired) electrons. The third kappa shape index (κ3) is 4.03. The van der Waals surface area contributed by atoms with Gasteiger partial charge in [0.1, 0.15) is 0 Å². The van der Waals surface area contributed by atoms with Crippen LogP contribution >= 0.6 is 0 Å². The lowest BCUT2D eigenvalue weighted by molar-refractivity contribution is 0.374. The van der Waals surface area contributed by atoms with Gasteiger partial charge in [-0.15, -0.1) is 0 Å². The minimum atomic E-state index is -3.52.